The van der Waals surface area contributed by atoms with Crippen molar-refractivity contribution in [3.05, 3.63) is 35.4 Å². The second-order valence-electron chi connectivity index (χ2n) is 5.71. The number of morpholine rings is 1. The molecule has 0 bridgehead atoms. The van der Waals surface area contributed by atoms with E-state index < -0.39 is 5.97 Å². The van der Waals surface area contributed by atoms with Crippen molar-refractivity contribution in [1.82, 2.24) is 4.90 Å². The molecule has 5 nitrogen and oxygen atoms in total. The normalized spacial score (nSPS) is 22.1. The topological polar surface area (TPSA) is 66.8 Å². The molecule has 21 heavy (non-hydrogen) atoms. The van der Waals surface area contributed by atoms with Crippen molar-refractivity contribution in [2.24, 2.45) is 5.92 Å². The third-order valence-electron chi connectivity index (χ3n) is 4.24. The lowest BCUT2D eigenvalue weighted by molar-refractivity contribution is -0.140. The van der Waals surface area contributed by atoms with E-state index in [0.29, 0.717) is 31.2 Å². The molecule has 1 N–H and O–H groups in total. The third-order valence-corrected chi connectivity index (χ3v) is 4.24. The molecule has 1 amide bonds. The van der Waals surface area contributed by atoms with E-state index in [9.17, 15) is 14.7 Å². The summed E-state index contributed by atoms with van der Waals surface area (Å²) in [7, 11) is 0. The van der Waals surface area contributed by atoms with Gasteiger partial charge in [0.15, 0.2) is 0 Å². The van der Waals surface area contributed by atoms with Gasteiger partial charge in [0.25, 0.3) is 0 Å². The van der Waals surface area contributed by atoms with Crippen molar-refractivity contribution >= 4 is 11.9 Å². The summed E-state index contributed by atoms with van der Waals surface area (Å²) in [6.45, 7) is 1.78. The first-order valence-corrected chi connectivity index (χ1v) is 7.35. The van der Waals surface area contributed by atoms with Crippen LogP contribution in [0.1, 0.15) is 28.8 Å². The first kappa shape index (κ1) is 14.1. The summed E-state index contributed by atoms with van der Waals surface area (Å²) in [6, 6.07) is 6.88. The standard InChI is InChI=1S/C16H19NO4/c18-15(9-12-3-1-2-4-13(12)16(19)20)17-7-8-21-10-14(17)11-5-6-11/h1-4,11,14H,5-10H2,(H,19,20). The number of nitrogens with zero attached hydrogens (tertiary/aromatic N) is 1. The molecule has 0 spiro atoms. The van der Waals surface area contributed by atoms with Crippen LogP contribution in [-0.2, 0) is 16.0 Å². The lowest BCUT2D eigenvalue weighted by atomic mass is 10.0. The molecule has 1 atom stereocenters. The summed E-state index contributed by atoms with van der Waals surface area (Å²) >= 11 is 0. The second kappa shape index (κ2) is 5.85. The number of carbonyl (C=O) groups is 2. The van der Waals surface area contributed by atoms with Crippen molar-refractivity contribution in [1.29, 1.82) is 0 Å². The molecule has 1 aliphatic carbocycles. The molecule has 1 aromatic carbocycles. The monoisotopic (exact) mass is 289 g/mol. The molecular formula is C16H19NO4. The zero-order chi connectivity index (χ0) is 14.8. The van der Waals surface area contributed by atoms with Gasteiger partial charge in [-0.1, -0.05) is 18.2 Å². The first-order valence-electron chi connectivity index (χ1n) is 7.35. The van der Waals surface area contributed by atoms with Gasteiger partial charge in [-0.15, -0.1) is 0 Å². The van der Waals surface area contributed by atoms with Crippen molar-refractivity contribution < 1.29 is 19.4 Å². The maximum absolute atomic E-state index is 12.6. The van der Waals surface area contributed by atoms with E-state index in [2.05, 4.69) is 0 Å². The molecule has 1 saturated heterocycles. The quantitative estimate of drug-likeness (QED) is 0.913. The minimum atomic E-state index is -0.987. The van der Waals surface area contributed by atoms with Crippen LogP contribution < -0.4 is 0 Å². The minimum Gasteiger partial charge on any atom is -0.478 e. The summed E-state index contributed by atoms with van der Waals surface area (Å²) in [5.41, 5.74) is 0.790. The van der Waals surface area contributed by atoms with E-state index in [1.807, 2.05) is 4.90 Å². The second-order valence-corrected chi connectivity index (χ2v) is 5.71. The molecule has 1 heterocycles. The molecule has 0 aromatic heterocycles. The molecule has 1 aliphatic heterocycles. The maximum atomic E-state index is 12.6. The number of hydrogen-bond acceptors (Lipinski definition) is 3. The fraction of sp³-hybridized carbons (Fsp3) is 0.500. The first-order chi connectivity index (χ1) is 10.2. The molecule has 5 heteroatoms. The number of aromatic carboxylic acids is 1. The predicted molar refractivity (Wildman–Crippen MR) is 76.1 cm³/mol. The Bertz CT molecular complexity index is 553. The number of hydrogen-bond donors (Lipinski definition) is 1. The van der Waals surface area contributed by atoms with E-state index in [1.54, 1.807) is 24.3 Å². The van der Waals surface area contributed by atoms with E-state index >= 15 is 0 Å². The Morgan fingerprint density at radius 3 is 2.76 bits per heavy atom. The molecule has 2 fully saturated rings. The maximum Gasteiger partial charge on any atom is 0.335 e. The summed E-state index contributed by atoms with van der Waals surface area (Å²) in [5.74, 6) is -0.424. The van der Waals surface area contributed by atoms with Gasteiger partial charge in [-0.3, -0.25) is 4.79 Å². The van der Waals surface area contributed by atoms with Gasteiger partial charge in [-0.05, 0) is 30.4 Å². The van der Waals surface area contributed by atoms with E-state index in [0.717, 1.165) is 12.8 Å². The number of amides is 1. The zero-order valence-electron chi connectivity index (χ0n) is 11.8. The molecular weight excluding hydrogens is 270 g/mol. The highest BCUT2D eigenvalue weighted by Gasteiger charge is 2.39. The van der Waals surface area contributed by atoms with Crippen molar-refractivity contribution in [2.75, 3.05) is 19.8 Å². The Hall–Kier alpha value is -1.88. The van der Waals surface area contributed by atoms with Gasteiger partial charge >= 0.3 is 5.97 Å². The summed E-state index contributed by atoms with van der Waals surface area (Å²) < 4.78 is 5.49. The number of rotatable bonds is 4. The summed E-state index contributed by atoms with van der Waals surface area (Å²) in [4.78, 5) is 25.7. The number of carboxylic acid groups (broad SMARTS) is 1. The minimum absolute atomic E-state index is 0.00361. The van der Waals surface area contributed by atoms with Gasteiger partial charge in [0.2, 0.25) is 5.91 Å². The molecule has 1 saturated carbocycles. The van der Waals surface area contributed by atoms with Gasteiger partial charge in [-0.25, -0.2) is 4.79 Å². The van der Waals surface area contributed by atoms with Crippen LogP contribution in [0.25, 0.3) is 0 Å². The largest absolute Gasteiger partial charge is 0.478 e. The number of carboxylic acids is 1. The van der Waals surface area contributed by atoms with Gasteiger partial charge in [-0.2, -0.15) is 0 Å². The van der Waals surface area contributed by atoms with Crippen LogP contribution in [0.2, 0.25) is 0 Å². The van der Waals surface area contributed by atoms with Crippen LogP contribution in [0, 0.1) is 5.92 Å². The third kappa shape index (κ3) is 3.08. The highest BCUT2D eigenvalue weighted by molar-refractivity contribution is 5.91. The van der Waals surface area contributed by atoms with Gasteiger partial charge < -0.3 is 14.7 Å². The average molecular weight is 289 g/mol. The van der Waals surface area contributed by atoms with Crippen molar-refractivity contribution in [3.63, 3.8) is 0 Å². The van der Waals surface area contributed by atoms with Crippen LogP contribution in [0.3, 0.4) is 0 Å². The smallest absolute Gasteiger partial charge is 0.335 e. The lowest BCUT2D eigenvalue weighted by Crippen LogP contribution is -2.50. The lowest BCUT2D eigenvalue weighted by Gasteiger charge is -2.36. The Kier molecular flexibility index (Phi) is 3.92. The van der Waals surface area contributed by atoms with Gasteiger partial charge in [0, 0.05) is 6.54 Å². The molecule has 0 radical (unpaired) electrons. The summed E-state index contributed by atoms with van der Waals surface area (Å²) in [5, 5.41) is 9.19. The fourth-order valence-electron chi connectivity index (χ4n) is 2.95. The van der Waals surface area contributed by atoms with Crippen LogP contribution in [0.5, 0.6) is 0 Å². The molecule has 112 valence electrons. The van der Waals surface area contributed by atoms with E-state index in [1.165, 1.54) is 0 Å². The van der Waals surface area contributed by atoms with Crippen molar-refractivity contribution in [2.45, 2.75) is 25.3 Å². The predicted octanol–water partition coefficient (Wildman–Crippen LogP) is 1.56. The van der Waals surface area contributed by atoms with Crippen LogP contribution in [0.15, 0.2) is 24.3 Å². The van der Waals surface area contributed by atoms with Crippen LogP contribution in [0.4, 0.5) is 0 Å². The Balaban J connectivity index is 1.74. The number of benzene rings is 1. The molecule has 2 aliphatic rings. The van der Waals surface area contributed by atoms with Crippen LogP contribution >= 0.6 is 0 Å². The zero-order valence-corrected chi connectivity index (χ0v) is 11.8. The van der Waals surface area contributed by atoms with Gasteiger partial charge in [0.05, 0.1) is 31.2 Å². The number of carbonyl (C=O) groups excluding carboxylic acids is 1. The van der Waals surface area contributed by atoms with E-state index in [-0.39, 0.29) is 23.9 Å². The molecule has 1 aromatic rings. The number of ether oxygens (including phenoxy) is 1. The highest BCUT2D eigenvalue weighted by Crippen LogP contribution is 2.36. The van der Waals surface area contributed by atoms with Crippen LogP contribution in [-0.4, -0.2) is 47.7 Å². The Labute approximate surface area is 123 Å². The fourth-order valence-corrected chi connectivity index (χ4v) is 2.95. The van der Waals surface area contributed by atoms with Crippen molar-refractivity contribution in [3.8, 4) is 0 Å². The molecule has 1 unspecified atom stereocenters. The summed E-state index contributed by atoms with van der Waals surface area (Å²) in [6.07, 6.45) is 2.46. The highest BCUT2D eigenvalue weighted by atomic mass is 16.5. The SMILES string of the molecule is O=C(O)c1ccccc1CC(=O)N1CCOCC1C1CC1. The average Bonchev–Trinajstić information content (AvgIpc) is 3.32. The van der Waals surface area contributed by atoms with E-state index in [4.69, 9.17) is 4.74 Å². The molecule has 3 rings (SSSR count). The van der Waals surface area contributed by atoms with Gasteiger partial charge in [0.1, 0.15) is 0 Å². The Morgan fingerprint density at radius 1 is 1.29 bits per heavy atom. The Morgan fingerprint density at radius 2 is 2.05 bits per heavy atom.